The third-order valence-corrected chi connectivity index (χ3v) is 5.73. The molecule has 3 heterocycles. The van der Waals surface area contributed by atoms with Crippen LogP contribution < -0.4 is 5.32 Å². The van der Waals surface area contributed by atoms with E-state index in [0.29, 0.717) is 11.5 Å². The largest absolute Gasteiger partial charge is 0.490 e. The van der Waals surface area contributed by atoms with E-state index >= 15 is 0 Å². The summed E-state index contributed by atoms with van der Waals surface area (Å²) < 4.78 is 31.7. The summed E-state index contributed by atoms with van der Waals surface area (Å²) in [5.41, 5.74) is 5.18. The molecule has 4 rings (SSSR count). The molecule has 3 N–H and O–H groups in total. The first kappa shape index (κ1) is 25.9. The number of H-pyrrole nitrogens is 1. The highest BCUT2D eigenvalue weighted by molar-refractivity contribution is 5.95. The van der Waals surface area contributed by atoms with E-state index < -0.39 is 12.1 Å². The zero-order valence-electron chi connectivity index (χ0n) is 19.3. The highest BCUT2D eigenvalue weighted by Crippen LogP contribution is 2.25. The van der Waals surface area contributed by atoms with Crippen LogP contribution in [0.4, 0.5) is 13.2 Å². The molecule has 0 aromatic carbocycles. The van der Waals surface area contributed by atoms with Crippen LogP contribution in [0.5, 0.6) is 0 Å². The molecule has 3 aromatic heterocycles. The maximum absolute atomic E-state index is 12.5. The quantitative estimate of drug-likeness (QED) is 0.478. The molecule has 186 valence electrons. The van der Waals surface area contributed by atoms with Crippen molar-refractivity contribution in [3.63, 3.8) is 0 Å². The van der Waals surface area contributed by atoms with E-state index in [-0.39, 0.29) is 5.91 Å². The Morgan fingerprint density at radius 1 is 1.14 bits per heavy atom. The number of halogens is 3. The molecule has 0 bridgehead atoms. The summed E-state index contributed by atoms with van der Waals surface area (Å²) in [5, 5.41) is 10.2. The fourth-order valence-corrected chi connectivity index (χ4v) is 3.68. The molecule has 1 aliphatic carbocycles. The van der Waals surface area contributed by atoms with Crippen LogP contribution in [0.1, 0.15) is 47.4 Å². The number of aryl methyl sites for hydroxylation is 2. The van der Waals surface area contributed by atoms with E-state index in [1.807, 2.05) is 32.0 Å². The zero-order valence-corrected chi connectivity index (χ0v) is 19.3. The van der Waals surface area contributed by atoms with Crippen molar-refractivity contribution >= 4 is 11.9 Å². The maximum Gasteiger partial charge on any atom is 0.490 e. The molecule has 0 saturated heterocycles. The second-order valence-electron chi connectivity index (χ2n) is 8.35. The Bertz CT molecular complexity index is 1170. The second kappa shape index (κ2) is 11.1. The van der Waals surface area contributed by atoms with Gasteiger partial charge in [0.2, 0.25) is 0 Å². The number of hydrogen-bond donors (Lipinski definition) is 3. The fourth-order valence-electron chi connectivity index (χ4n) is 3.68. The number of carboxylic acid groups (broad SMARTS) is 1. The number of amides is 1. The summed E-state index contributed by atoms with van der Waals surface area (Å²) in [4.78, 5) is 37.9. The van der Waals surface area contributed by atoms with Crippen LogP contribution in [0.3, 0.4) is 0 Å². The molecule has 0 unspecified atom stereocenters. The molecular weight excluding hydrogens is 463 g/mol. The van der Waals surface area contributed by atoms with Crippen LogP contribution in [0.25, 0.3) is 22.6 Å². The molecule has 0 atom stereocenters. The minimum atomic E-state index is -5.08. The van der Waals surface area contributed by atoms with Gasteiger partial charge in [0, 0.05) is 36.4 Å². The molecule has 0 radical (unpaired) electrons. The molecule has 0 aliphatic heterocycles. The van der Waals surface area contributed by atoms with Gasteiger partial charge in [-0.25, -0.2) is 9.78 Å². The lowest BCUT2D eigenvalue weighted by atomic mass is 10.1. The van der Waals surface area contributed by atoms with Crippen LogP contribution in [-0.2, 0) is 4.79 Å². The molecule has 3 aromatic rings. The maximum atomic E-state index is 12.5. The van der Waals surface area contributed by atoms with Crippen LogP contribution in [0.15, 0.2) is 36.8 Å². The Labute approximate surface area is 200 Å². The minimum absolute atomic E-state index is 0.0622. The highest BCUT2D eigenvalue weighted by Gasteiger charge is 2.38. The number of imidazole rings is 1. The molecule has 1 saturated carbocycles. The van der Waals surface area contributed by atoms with Crippen molar-refractivity contribution in [3.8, 4) is 22.6 Å². The van der Waals surface area contributed by atoms with Crippen molar-refractivity contribution in [1.29, 1.82) is 0 Å². The molecule has 8 nitrogen and oxygen atoms in total. The third kappa shape index (κ3) is 7.11. The number of carboxylic acids is 1. The van der Waals surface area contributed by atoms with Crippen molar-refractivity contribution in [3.05, 3.63) is 53.7 Å². The van der Waals surface area contributed by atoms with Gasteiger partial charge in [0.15, 0.2) is 5.82 Å². The van der Waals surface area contributed by atoms with E-state index in [1.165, 1.54) is 25.7 Å². The first-order valence-electron chi connectivity index (χ1n) is 11.1. The van der Waals surface area contributed by atoms with E-state index in [9.17, 15) is 18.0 Å². The van der Waals surface area contributed by atoms with Gasteiger partial charge < -0.3 is 15.4 Å². The number of nitrogens with one attached hydrogen (secondary N) is 2. The monoisotopic (exact) mass is 489 g/mol. The van der Waals surface area contributed by atoms with Crippen molar-refractivity contribution in [2.75, 3.05) is 6.54 Å². The molecule has 1 fully saturated rings. The number of nitrogens with zero attached hydrogens (tertiary/aromatic N) is 3. The molecule has 1 aliphatic rings. The molecular formula is C24H26F3N5O3. The predicted molar refractivity (Wildman–Crippen MR) is 123 cm³/mol. The summed E-state index contributed by atoms with van der Waals surface area (Å²) in [6.45, 7) is 4.71. The van der Waals surface area contributed by atoms with Crippen LogP contribution in [0.2, 0.25) is 0 Å². The normalized spacial score (nSPS) is 13.7. The number of aliphatic carboxylic acids is 1. The van der Waals surface area contributed by atoms with Gasteiger partial charge in [-0.05, 0) is 56.4 Å². The fraction of sp³-hybridized carbons (Fsp3) is 0.375. The number of aromatic nitrogens is 4. The van der Waals surface area contributed by atoms with Crippen molar-refractivity contribution < 1.29 is 27.9 Å². The van der Waals surface area contributed by atoms with Gasteiger partial charge in [-0.1, -0.05) is 12.8 Å². The van der Waals surface area contributed by atoms with E-state index in [0.717, 1.165) is 40.6 Å². The zero-order chi connectivity index (χ0) is 25.6. The van der Waals surface area contributed by atoms with Crippen molar-refractivity contribution in [2.45, 2.75) is 45.7 Å². The minimum Gasteiger partial charge on any atom is -0.475 e. The van der Waals surface area contributed by atoms with Crippen LogP contribution in [-0.4, -0.2) is 49.6 Å². The Morgan fingerprint density at radius 2 is 1.83 bits per heavy atom. The lowest BCUT2D eigenvalue weighted by Gasteiger charge is -2.11. The van der Waals surface area contributed by atoms with E-state index in [4.69, 9.17) is 9.90 Å². The van der Waals surface area contributed by atoms with Crippen LogP contribution >= 0.6 is 0 Å². The van der Waals surface area contributed by atoms with Crippen LogP contribution in [0, 0.1) is 19.8 Å². The standard InChI is InChI=1S/C22H25N5O.C2HF3O2/c1-14-15(2)27-21(26-14)20-10-17(7-8-24-20)18-9-19(13-23-12-18)22(28)25-11-16-5-3-4-6-16;3-2(4,5)1(6)7/h7-10,12-13,16H,3-6,11H2,1-2H3,(H,25,28)(H,26,27);(H,6,7). The van der Waals surface area contributed by atoms with E-state index in [1.54, 1.807) is 18.6 Å². The highest BCUT2D eigenvalue weighted by atomic mass is 19.4. The lowest BCUT2D eigenvalue weighted by molar-refractivity contribution is -0.192. The predicted octanol–water partition coefficient (Wildman–Crippen LogP) is 4.70. The SMILES string of the molecule is Cc1nc(-c2cc(-c3cncc(C(=O)NCC4CCCC4)c3)ccn2)[nH]c1C.O=C(O)C(F)(F)F. The number of alkyl halides is 3. The molecule has 35 heavy (non-hydrogen) atoms. The summed E-state index contributed by atoms with van der Waals surface area (Å²) >= 11 is 0. The molecule has 1 amide bonds. The smallest absolute Gasteiger partial charge is 0.475 e. The Morgan fingerprint density at radius 3 is 2.43 bits per heavy atom. The molecule has 0 spiro atoms. The molecule has 11 heteroatoms. The van der Waals surface area contributed by atoms with Crippen molar-refractivity contribution in [1.82, 2.24) is 25.3 Å². The number of carbonyl (C=O) groups is 2. The topological polar surface area (TPSA) is 121 Å². The number of rotatable bonds is 5. The van der Waals surface area contributed by atoms with Gasteiger partial charge in [-0.2, -0.15) is 13.2 Å². The lowest BCUT2D eigenvalue weighted by Crippen LogP contribution is -2.28. The van der Waals surface area contributed by atoms with Crippen molar-refractivity contribution in [2.24, 2.45) is 5.92 Å². The summed E-state index contributed by atoms with van der Waals surface area (Å²) in [6.07, 6.45) is 5.03. The van der Waals surface area contributed by atoms with Gasteiger partial charge in [-0.3, -0.25) is 14.8 Å². The van der Waals surface area contributed by atoms with Gasteiger partial charge in [-0.15, -0.1) is 0 Å². The Hall–Kier alpha value is -3.76. The Balaban J connectivity index is 0.000000429. The van der Waals surface area contributed by atoms with E-state index in [2.05, 4.69) is 25.3 Å². The summed E-state index contributed by atoms with van der Waals surface area (Å²) in [7, 11) is 0. The second-order valence-corrected chi connectivity index (χ2v) is 8.35. The van der Waals surface area contributed by atoms with Gasteiger partial charge in [0.25, 0.3) is 5.91 Å². The number of hydrogen-bond acceptors (Lipinski definition) is 5. The van der Waals surface area contributed by atoms with Gasteiger partial charge in [0.05, 0.1) is 11.3 Å². The van der Waals surface area contributed by atoms with Gasteiger partial charge in [0.1, 0.15) is 5.69 Å². The summed E-state index contributed by atoms with van der Waals surface area (Å²) in [5.74, 6) is -1.46. The average molecular weight is 489 g/mol. The number of pyridine rings is 2. The van der Waals surface area contributed by atoms with Gasteiger partial charge >= 0.3 is 12.1 Å². The third-order valence-electron chi connectivity index (χ3n) is 5.73. The average Bonchev–Trinajstić information content (AvgIpc) is 3.47. The first-order chi connectivity index (χ1) is 16.5. The first-order valence-corrected chi connectivity index (χ1v) is 11.1. The number of carbonyl (C=O) groups excluding carboxylic acids is 1. The number of aromatic amines is 1. The Kier molecular flexibility index (Phi) is 8.21. The summed E-state index contributed by atoms with van der Waals surface area (Å²) in [6, 6.07) is 5.77.